The van der Waals surface area contributed by atoms with E-state index >= 15 is 0 Å². The minimum absolute atomic E-state index is 0.0395. The van der Waals surface area contributed by atoms with Crippen LogP contribution < -0.4 is 5.32 Å². The van der Waals surface area contributed by atoms with Gasteiger partial charge < -0.3 is 9.15 Å². The maximum atomic E-state index is 13.9. The Morgan fingerprint density at radius 1 is 1.09 bits per heavy atom. The smallest absolute Gasteiger partial charge is 0.407 e. The second-order valence-electron chi connectivity index (χ2n) is 8.13. The van der Waals surface area contributed by atoms with Crippen molar-refractivity contribution in [2.24, 2.45) is 5.92 Å². The van der Waals surface area contributed by atoms with Gasteiger partial charge in [-0.1, -0.05) is 26.0 Å². The number of nitrogens with one attached hydrogen (secondary N) is 1. The average Bonchev–Trinajstić information content (AvgIpc) is 3.05. The SMILES string of the molecule is COC(=O)[C@H](CC(C)C)NC(c1ccc2c(c1)oc1ccc(S(C)(=O)=O)cc12)C(F)(F)F. The van der Waals surface area contributed by atoms with Crippen LogP contribution in [-0.2, 0) is 19.4 Å². The maximum Gasteiger partial charge on any atom is 0.407 e. The number of furan rings is 1. The molecule has 2 atom stereocenters. The van der Waals surface area contributed by atoms with Gasteiger partial charge in [-0.15, -0.1) is 0 Å². The molecule has 3 rings (SSSR count). The van der Waals surface area contributed by atoms with E-state index in [-0.39, 0.29) is 28.4 Å². The van der Waals surface area contributed by atoms with Crippen molar-refractivity contribution in [1.82, 2.24) is 5.32 Å². The second-order valence-corrected chi connectivity index (χ2v) is 10.2. The van der Waals surface area contributed by atoms with Crippen molar-refractivity contribution in [3.05, 3.63) is 42.0 Å². The molecular formula is C22H24F3NO5S. The molecule has 1 N–H and O–H groups in total. The molecule has 0 aliphatic heterocycles. The lowest BCUT2D eigenvalue weighted by Crippen LogP contribution is -2.45. The molecule has 6 nitrogen and oxygen atoms in total. The Kier molecular flexibility index (Phi) is 6.57. The molecule has 0 aliphatic rings. The molecule has 0 fully saturated rings. The lowest BCUT2D eigenvalue weighted by molar-refractivity contribution is -0.164. The fourth-order valence-corrected chi connectivity index (χ4v) is 4.26. The quantitative estimate of drug-likeness (QED) is 0.500. The van der Waals surface area contributed by atoms with Crippen molar-refractivity contribution < 1.29 is 35.5 Å². The van der Waals surface area contributed by atoms with Crippen molar-refractivity contribution >= 4 is 37.7 Å². The van der Waals surface area contributed by atoms with E-state index in [0.29, 0.717) is 16.4 Å². The first kappa shape index (κ1) is 24.1. The summed E-state index contributed by atoms with van der Waals surface area (Å²) in [5.41, 5.74) is 0.399. The van der Waals surface area contributed by atoms with Gasteiger partial charge in [-0.25, -0.2) is 8.42 Å². The van der Waals surface area contributed by atoms with Gasteiger partial charge in [0.2, 0.25) is 0 Å². The zero-order valence-electron chi connectivity index (χ0n) is 18.0. The van der Waals surface area contributed by atoms with Crippen LogP contribution in [0, 0.1) is 5.92 Å². The number of methoxy groups -OCH3 is 1. The number of carbonyl (C=O) groups excluding carboxylic acids is 1. The summed E-state index contributed by atoms with van der Waals surface area (Å²) < 4.78 is 75.9. The number of fused-ring (bicyclic) bond motifs is 3. The molecule has 1 heterocycles. The largest absolute Gasteiger partial charge is 0.468 e. The number of halogens is 3. The number of sulfone groups is 1. The van der Waals surface area contributed by atoms with Gasteiger partial charge in [-0.3, -0.25) is 10.1 Å². The number of ether oxygens (including phenoxy) is 1. The van der Waals surface area contributed by atoms with Gasteiger partial charge in [0.1, 0.15) is 23.2 Å². The van der Waals surface area contributed by atoms with Crippen LogP contribution in [0.5, 0.6) is 0 Å². The molecule has 1 aromatic heterocycles. The summed E-state index contributed by atoms with van der Waals surface area (Å²) in [6.07, 6.45) is -3.45. The zero-order valence-corrected chi connectivity index (χ0v) is 18.8. The van der Waals surface area contributed by atoms with Gasteiger partial charge in [-0.05, 0) is 42.2 Å². The Bertz CT molecular complexity index is 1250. The van der Waals surface area contributed by atoms with Gasteiger partial charge >= 0.3 is 12.1 Å². The number of rotatable bonds is 7. The highest BCUT2D eigenvalue weighted by molar-refractivity contribution is 7.90. The molecule has 0 saturated carbocycles. The summed E-state index contributed by atoms with van der Waals surface area (Å²) in [7, 11) is -2.33. The van der Waals surface area contributed by atoms with E-state index < -0.39 is 34.1 Å². The molecule has 0 bridgehead atoms. The first-order valence-corrected chi connectivity index (χ1v) is 11.8. The molecule has 2 aromatic carbocycles. The van der Waals surface area contributed by atoms with Crippen LogP contribution in [0.15, 0.2) is 45.7 Å². The molecule has 0 saturated heterocycles. The highest BCUT2D eigenvalue weighted by atomic mass is 32.2. The summed E-state index contributed by atoms with van der Waals surface area (Å²) in [5.74, 6) is -0.812. The summed E-state index contributed by atoms with van der Waals surface area (Å²) >= 11 is 0. The predicted molar refractivity (Wildman–Crippen MR) is 114 cm³/mol. The highest BCUT2D eigenvalue weighted by Gasteiger charge is 2.43. The minimum atomic E-state index is -4.69. The Morgan fingerprint density at radius 3 is 2.34 bits per heavy atom. The monoisotopic (exact) mass is 471 g/mol. The van der Waals surface area contributed by atoms with Crippen LogP contribution in [0.1, 0.15) is 31.9 Å². The van der Waals surface area contributed by atoms with Crippen LogP contribution in [0.25, 0.3) is 21.9 Å². The van der Waals surface area contributed by atoms with Gasteiger partial charge in [0.05, 0.1) is 12.0 Å². The van der Waals surface area contributed by atoms with Crippen LogP contribution in [0.3, 0.4) is 0 Å². The van der Waals surface area contributed by atoms with Crippen molar-refractivity contribution in [2.75, 3.05) is 13.4 Å². The number of hydrogen-bond acceptors (Lipinski definition) is 6. The lowest BCUT2D eigenvalue weighted by Gasteiger charge is -2.27. The van der Waals surface area contributed by atoms with Crippen molar-refractivity contribution in [1.29, 1.82) is 0 Å². The fraction of sp³-hybridized carbons (Fsp3) is 0.409. The summed E-state index contributed by atoms with van der Waals surface area (Å²) in [5, 5.41) is 3.37. The summed E-state index contributed by atoms with van der Waals surface area (Å²) in [6.45, 7) is 3.59. The first-order chi connectivity index (χ1) is 14.8. The third kappa shape index (κ3) is 5.07. The molecule has 174 valence electrons. The second kappa shape index (κ2) is 8.74. The predicted octanol–water partition coefficient (Wildman–Crippen LogP) is 4.77. The molecule has 3 aromatic rings. The molecule has 1 unspecified atom stereocenters. The van der Waals surface area contributed by atoms with Crippen molar-refractivity contribution in [2.45, 2.75) is 43.4 Å². The minimum Gasteiger partial charge on any atom is -0.468 e. The lowest BCUT2D eigenvalue weighted by atomic mass is 9.99. The molecule has 10 heteroatoms. The Hall–Kier alpha value is -2.59. The fourth-order valence-electron chi connectivity index (χ4n) is 3.61. The average molecular weight is 471 g/mol. The van der Waals surface area contributed by atoms with E-state index in [1.54, 1.807) is 13.8 Å². The van der Waals surface area contributed by atoms with Crippen molar-refractivity contribution in [3.63, 3.8) is 0 Å². The van der Waals surface area contributed by atoms with Gasteiger partial charge in [-0.2, -0.15) is 13.2 Å². The van der Waals surface area contributed by atoms with E-state index in [0.717, 1.165) is 13.4 Å². The topological polar surface area (TPSA) is 85.6 Å². The van der Waals surface area contributed by atoms with Gasteiger partial charge in [0, 0.05) is 17.0 Å². The number of benzene rings is 2. The van der Waals surface area contributed by atoms with E-state index in [9.17, 15) is 26.4 Å². The molecule has 0 spiro atoms. The Labute approximate surface area is 183 Å². The van der Waals surface area contributed by atoms with Gasteiger partial charge in [0.15, 0.2) is 9.84 Å². The Balaban J connectivity index is 2.07. The third-order valence-electron chi connectivity index (χ3n) is 5.12. The van der Waals surface area contributed by atoms with Crippen LogP contribution in [0.4, 0.5) is 13.2 Å². The van der Waals surface area contributed by atoms with Crippen LogP contribution >= 0.6 is 0 Å². The molecule has 0 aliphatic carbocycles. The first-order valence-electron chi connectivity index (χ1n) is 9.88. The molecule has 32 heavy (non-hydrogen) atoms. The Morgan fingerprint density at radius 2 is 1.78 bits per heavy atom. The standard InChI is InChI=1S/C22H24F3NO5S/c1-12(2)9-17(21(27)30-3)26-20(22(23,24)25)13-5-7-15-16-11-14(32(4,28)29)6-8-18(16)31-19(15)10-13/h5-8,10-12,17,20,26H,9H2,1-4H3/t17-,20?/m0/s1. The summed E-state index contributed by atoms with van der Waals surface area (Å²) in [4.78, 5) is 12.1. The van der Waals surface area contributed by atoms with E-state index in [1.807, 2.05) is 0 Å². The maximum absolute atomic E-state index is 13.9. The third-order valence-corrected chi connectivity index (χ3v) is 6.23. The molecule has 0 amide bonds. The number of esters is 1. The van der Waals surface area contributed by atoms with Gasteiger partial charge in [0.25, 0.3) is 0 Å². The molecule has 0 radical (unpaired) electrons. The zero-order chi connectivity index (χ0) is 23.8. The van der Waals surface area contributed by atoms with E-state index in [4.69, 9.17) is 4.42 Å². The normalized spacial score (nSPS) is 14.8. The summed E-state index contributed by atoms with van der Waals surface area (Å²) in [6, 6.07) is 5.02. The number of alkyl halides is 3. The van der Waals surface area contributed by atoms with Crippen molar-refractivity contribution in [3.8, 4) is 0 Å². The highest BCUT2D eigenvalue weighted by Crippen LogP contribution is 2.37. The molecular weight excluding hydrogens is 447 g/mol. The van der Waals surface area contributed by atoms with E-state index in [1.165, 1.54) is 36.4 Å². The van der Waals surface area contributed by atoms with Crippen LogP contribution in [-0.4, -0.2) is 40.0 Å². The number of carbonyl (C=O) groups is 1. The van der Waals surface area contributed by atoms with Crippen LogP contribution in [0.2, 0.25) is 0 Å². The number of hydrogen-bond donors (Lipinski definition) is 1. The van der Waals surface area contributed by atoms with E-state index in [2.05, 4.69) is 10.1 Å².